The van der Waals surface area contributed by atoms with Gasteiger partial charge in [0.25, 0.3) is 0 Å². The third-order valence-corrected chi connectivity index (χ3v) is 4.47. The predicted molar refractivity (Wildman–Crippen MR) is 72.0 cm³/mol. The molecule has 0 heterocycles. The van der Waals surface area contributed by atoms with Crippen LogP contribution in [0.3, 0.4) is 0 Å². The molecule has 2 rings (SSSR count). The Kier molecular flexibility index (Phi) is 3.61. The van der Waals surface area contributed by atoms with Gasteiger partial charge in [0.2, 0.25) is 0 Å². The third kappa shape index (κ3) is 2.63. The Bertz CT molecular complexity index is 486. The van der Waals surface area contributed by atoms with Crippen molar-refractivity contribution in [2.75, 3.05) is 0 Å². The van der Waals surface area contributed by atoms with E-state index in [0.717, 1.165) is 0 Å². The van der Waals surface area contributed by atoms with Gasteiger partial charge in [-0.05, 0) is 0 Å². The first-order valence-corrected chi connectivity index (χ1v) is 6.96. The first kappa shape index (κ1) is 11.2. The van der Waals surface area contributed by atoms with Gasteiger partial charge in [-0.1, -0.05) is 0 Å². The van der Waals surface area contributed by atoms with Crippen molar-refractivity contribution in [1.82, 2.24) is 0 Å². The predicted octanol–water partition coefficient (Wildman–Crippen LogP) is 3.00. The minimum absolute atomic E-state index is 0.327. The average Bonchev–Trinajstić information content (AvgIpc) is 2.31. The quantitative estimate of drug-likeness (QED) is 0.754. The van der Waals surface area contributed by atoms with Crippen LogP contribution in [0.4, 0.5) is 0 Å². The summed E-state index contributed by atoms with van der Waals surface area (Å²) in [6.07, 6.45) is 0. The van der Waals surface area contributed by atoms with Gasteiger partial charge in [0, 0.05) is 0 Å². The van der Waals surface area contributed by atoms with Crippen LogP contribution in [0.5, 0.6) is 0 Å². The zero-order valence-corrected chi connectivity index (χ0v) is 11.0. The summed E-state index contributed by atoms with van der Waals surface area (Å²) in [6.45, 7) is 6.35. The van der Waals surface area contributed by atoms with E-state index in [4.69, 9.17) is 0 Å². The molecule has 0 radical (unpaired) electrons. The summed E-state index contributed by atoms with van der Waals surface area (Å²) in [7, 11) is 0. The Balaban J connectivity index is 2.19. The molecule has 0 atom stereocenters. The molecule has 1 heteroatoms. The van der Waals surface area contributed by atoms with Crippen molar-refractivity contribution in [3.63, 3.8) is 0 Å². The van der Waals surface area contributed by atoms with Crippen molar-refractivity contribution >= 4 is 23.9 Å². The van der Waals surface area contributed by atoms with Crippen LogP contribution in [0.25, 0.3) is 4.47 Å². The van der Waals surface area contributed by atoms with E-state index in [1.165, 1.54) is 20.1 Å². The summed E-state index contributed by atoms with van der Waals surface area (Å²) in [5.41, 5.74) is 2.61. The summed E-state index contributed by atoms with van der Waals surface area (Å²) in [4.78, 5) is 0. The van der Waals surface area contributed by atoms with Crippen LogP contribution in [-0.2, 0) is 0 Å². The number of hydrogen-bond acceptors (Lipinski definition) is 0. The monoisotopic (exact) mass is 274 g/mol. The van der Waals surface area contributed by atoms with E-state index in [9.17, 15) is 0 Å². The van der Waals surface area contributed by atoms with Gasteiger partial charge in [-0.15, -0.1) is 0 Å². The van der Waals surface area contributed by atoms with E-state index in [0.29, 0.717) is 15.0 Å². The standard InChI is InChI=1S/C15H14Se/c1-12-8-6-7-11-15(12)13(2)16-14-9-4-3-5-10-14/h3-11H,2H2,1H3. The molecule has 0 N–H and O–H groups in total. The SMILES string of the molecule is C=C([Se]c1ccccc1)c1ccccc1C. The fourth-order valence-corrected chi connectivity index (χ4v) is 3.49. The van der Waals surface area contributed by atoms with Crippen molar-refractivity contribution in [2.45, 2.75) is 6.92 Å². The zero-order chi connectivity index (χ0) is 11.4. The third-order valence-electron chi connectivity index (χ3n) is 2.43. The molecule has 16 heavy (non-hydrogen) atoms. The summed E-state index contributed by atoms with van der Waals surface area (Å²) in [5, 5.41) is 0. The van der Waals surface area contributed by atoms with Gasteiger partial charge in [-0.25, -0.2) is 0 Å². The number of rotatable bonds is 3. The Morgan fingerprint density at radius 1 is 0.938 bits per heavy atom. The fraction of sp³-hybridized carbons (Fsp3) is 0.0667. The number of benzene rings is 2. The first-order chi connectivity index (χ1) is 7.77. The second-order valence-corrected chi connectivity index (χ2v) is 6.10. The fourth-order valence-electron chi connectivity index (χ4n) is 1.57. The van der Waals surface area contributed by atoms with Gasteiger partial charge in [-0.3, -0.25) is 0 Å². The minimum atomic E-state index is 0.327. The molecule has 2 aromatic rings. The molecule has 0 unspecified atom stereocenters. The maximum atomic E-state index is 4.21. The van der Waals surface area contributed by atoms with Gasteiger partial charge in [0.1, 0.15) is 0 Å². The summed E-state index contributed by atoms with van der Waals surface area (Å²) < 4.78 is 2.63. The van der Waals surface area contributed by atoms with Crippen molar-refractivity contribution < 1.29 is 0 Å². The van der Waals surface area contributed by atoms with Crippen molar-refractivity contribution in [2.24, 2.45) is 0 Å². The van der Waals surface area contributed by atoms with Crippen LogP contribution in [-0.4, -0.2) is 15.0 Å². The Morgan fingerprint density at radius 2 is 1.56 bits per heavy atom. The van der Waals surface area contributed by atoms with Gasteiger partial charge in [0.15, 0.2) is 0 Å². The van der Waals surface area contributed by atoms with Crippen LogP contribution >= 0.6 is 0 Å². The van der Waals surface area contributed by atoms with E-state index >= 15 is 0 Å². The van der Waals surface area contributed by atoms with Crippen LogP contribution in [0.15, 0.2) is 61.2 Å². The second kappa shape index (κ2) is 5.16. The van der Waals surface area contributed by atoms with E-state index in [-0.39, 0.29) is 0 Å². The molecule has 0 aliphatic carbocycles. The molecule has 0 saturated heterocycles. The van der Waals surface area contributed by atoms with E-state index < -0.39 is 0 Å². The van der Waals surface area contributed by atoms with Crippen LogP contribution in [0.1, 0.15) is 11.1 Å². The number of hydrogen-bond donors (Lipinski definition) is 0. The molecule has 0 nitrogen and oxygen atoms in total. The Hall–Kier alpha value is -1.30. The summed E-state index contributed by atoms with van der Waals surface area (Å²) >= 11 is 0.327. The van der Waals surface area contributed by atoms with E-state index in [1.54, 1.807) is 0 Å². The molecule has 0 fully saturated rings. The average molecular weight is 273 g/mol. The van der Waals surface area contributed by atoms with Gasteiger partial charge >= 0.3 is 103 Å². The van der Waals surface area contributed by atoms with Crippen LogP contribution in [0.2, 0.25) is 0 Å². The zero-order valence-electron chi connectivity index (χ0n) is 9.31. The molecule has 0 spiro atoms. The summed E-state index contributed by atoms with van der Waals surface area (Å²) in [5.74, 6) is 0. The Morgan fingerprint density at radius 3 is 2.25 bits per heavy atom. The van der Waals surface area contributed by atoms with Crippen molar-refractivity contribution in [3.05, 3.63) is 72.3 Å². The van der Waals surface area contributed by atoms with E-state index in [2.05, 4.69) is 68.1 Å². The second-order valence-electron chi connectivity index (χ2n) is 3.65. The topological polar surface area (TPSA) is 0 Å². The molecule has 0 saturated carbocycles. The van der Waals surface area contributed by atoms with Crippen molar-refractivity contribution in [1.29, 1.82) is 0 Å². The van der Waals surface area contributed by atoms with Gasteiger partial charge in [0.05, 0.1) is 0 Å². The summed E-state index contributed by atoms with van der Waals surface area (Å²) in [6, 6.07) is 19.0. The Labute approximate surface area is 103 Å². The van der Waals surface area contributed by atoms with Crippen LogP contribution < -0.4 is 4.46 Å². The first-order valence-electron chi connectivity index (χ1n) is 5.25. The molecule has 0 aliphatic rings. The molecule has 2 aromatic carbocycles. The molecule has 0 bridgehead atoms. The van der Waals surface area contributed by atoms with Gasteiger partial charge < -0.3 is 0 Å². The molecule has 0 aromatic heterocycles. The normalized spacial score (nSPS) is 10.1. The molecular formula is C15H14Se. The van der Waals surface area contributed by atoms with Gasteiger partial charge in [-0.2, -0.15) is 0 Å². The van der Waals surface area contributed by atoms with Crippen LogP contribution in [0, 0.1) is 6.92 Å². The van der Waals surface area contributed by atoms with Crippen molar-refractivity contribution in [3.8, 4) is 0 Å². The van der Waals surface area contributed by atoms with E-state index in [1.807, 2.05) is 0 Å². The number of aryl methyl sites for hydroxylation is 1. The molecular weight excluding hydrogens is 259 g/mol. The molecule has 0 amide bonds. The molecule has 0 aliphatic heterocycles. The molecule has 80 valence electrons. The maximum absolute atomic E-state index is 4.21.